The maximum absolute atomic E-state index is 13.2. The van der Waals surface area contributed by atoms with Gasteiger partial charge in [0.1, 0.15) is 22.7 Å². The minimum atomic E-state index is -3.53. The van der Waals surface area contributed by atoms with Gasteiger partial charge in [-0.2, -0.15) is 4.98 Å². The number of aromatic nitrogens is 5. The van der Waals surface area contributed by atoms with Crippen molar-refractivity contribution in [1.29, 1.82) is 0 Å². The number of nitrogens with one attached hydrogen (secondary N) is 1. The van der Waals surface area contributed by atoms with Gasteiger partial charge in [0.25, 0.3) is 11.4 Å². The molecule has 6 aromatic rings. The number of aryl methyl sites for hydroxylation is 2. The summed E-state index contributed by atoms with van der Waals surface area (Å²) < 4.78 is 38.2. The molecule has 0 spiro atoms. The Morgan fingerprint density at radius 1 is 1.00 bits per heavy atom. The third-order valence-electron chi connectivity index (χ3n) is 6.52. The van der Waals surface area contributed by atoms with Crippen LogP contribution in [0.25, 0.3) is 45.0 Å². The average molecular weight is 554 g/mol. The molecule has 10 nitrogen and oxygen atoms in total. The van der Waals surface area contributed by atoms with E-state index in [4.69, 9.17) is 9.26 Å². The summed E-state index contributed by atoms with van der Waals surface area (Å²) in [5.41, 5.74) is 3.12. The van der Waals surface area contributed by atoms with Crippen LogP contribution in [0.1, 0.15) is 5.56 Å². The second-order valence-corrected chi connectivity index (χ2v) is 11.4. The predicted molar refractivity (Wildman–Crippen MR) is 150 cm³/mol. The molecule has 0 saturated heterocycles. The molecule has 4 aromatic heterocycles. The van der Waals surface area contributed by atoms with Crippen LogP contribution in [0.2, 0.25) is 0 Å². The summed E-state index contributed by atoms with van der Waals surface area (Å²) in [7, 11) is -1.91. The highest BCUT2D eigenvalue weighted by molar-refractivity contribution is 7.90. The van der Waals surface area contributed by atoms with Gasteiger partial charge in [-0.1, -0.05) is 23.4 Å². The molecule has 6 rings (SSSR count). The van der Waals surface area contributed by atoms with E-state index in [1.165, 1.54) is 10.6 Å². The van der Waals surface area contributed by atoms with E-state index in [0.29, 0.717) is 50.6 Å². The molecule has 0 fully saturated rings. The van der Waals surface area contributed by atoms with E-state index < -0.39 is 9.84 Å². The first-order valence-electron chi connectivity index (χ1n) is 12.2. The molecule has 0 aliphatic heterocycles. The Labute approximate surface area is 228 Å². The van der Waals surface area contributed by atoms with Crippen LogP contribution in [0.3, 0.4) is 0 Å². The first-order valence-corrected chi connectivity index (χ1v) is 14.1. The van der Waals surface area contributed by atoms with E-state index in [0.717, 1.165) is 11.8 Å². The Bertz CT molecular complexity index is 2060. The normalized spacial score (nSPS) is 11.7. The molecule has 0 unspecified atom stereocenters. The first kappa shape index (κ1) is 25.3. The quantitative estimate of drug-likeness (QED) is 0.299. The number of aromatic amines is 1. The van der Waals surface area contributed by atoms with Gasteiger partial charge >= 0.3 is 0 Å². The number of rotatable bonds is 6. The standard InChI is InChI=1S/C29H23N5O5S/c1-17-7-4-5-9-24(17)38-25-11-10-19(40(3,36)37)13-20(25)22-16-34(2)29(35)26-21(22)14-23(31-26)28-32-27(33-39-28)18-8-6-12-30-15-18/h4-16,31H,1-3H3. The van der Waals surface area contributed by atoms with Gasteiger partial charge in [-0.3, -0.25) is 9.78 Å². The number of ether oxygens (including phenoxy) is 1. The minimum Gasteiger partial charge on any atom is -0.456 e. The zero-order valence-electron chi connectivity index (χ0n) is 21.7. The number of nitrogens with zero attached hydrogens (tertiary/aromatic N) is 4. The third-order valence-corrected chi connectivity index (χ3v) is 7.63. The van der Waals surface area contributed by atoms with Crippen molar-refractivity contribution >= 4 is 20.7 Å². The maximum Gasteiger partial charge on any atom is 0.274 e. The number of pyridine rings is 2. The Morgan fingerprint density at radius 3 is 2.58 bits per heavy atom. The van der Waals surface area contributed by atoms with Crippen LogP contribution in [-0.2, 0) is 16.9 Å². The van der Waals surface area contributed by atoms with Gasteiger partial charge in [0.2, 0.25) is 5.82 Å². The summed E-state index contributed by atoms with van der Waals surface area (Å²) in [6, 6.07) is 17.5. The largest absolute Gasteiger partial charge is 0.456 e. The van der Waals surface area contributed by atoms with Crippen molar-refractivity contribution in [3.8, 4) is 45.6 Å². The smallest absolute Gasteiger partial charge is 0.274 e. The van der Waals surface area contributed by atoms with Gasteiger partial charge in [0.05, 0.1) is 4.90 Å². The lowest BCUT2D eigenvalue weighted by atomic mass is 10.0. The monoisotopic (exact) mass is 553 g/mol. The number of sulfone groups is 1. The molecule has 0 saturated carbocycles. The Morgan fingerprint density at radius 2 is 1.82 bits per heavy atom. The van der Waals surface area contributed by atoms with E-state index in [1.54, 1.807) is 49.9 Å². The molecule has 40 heavy (non-hydrogen) atoms. The van der Waals surface area contributed by atoms with Gasteiger partial charge in [0, 0.05) is 54.0 Å². The van der Waals surface area contributed by atoms with Crippen LogP contribution in [0.4, 0.5) is 0 Å². The Balaban J connectivity index is 1.55. The fourth-order valence-electron chi connectivity index (χ4n) is 4.44. The highest BCUT2D eigenvalue weighted by Gasteiger charge is 2.21. The van der Waals surface area contributed by atoms with E-state index in [2.05, 4.69) is 20.1 Å². The van der Waals surface area contributed by atoms with Crippen LogP contribution in [0.5, 0.6) is 11.5 Å². The molecule has 2 aromatic carbocycles. The first-order chi connectivity index (χ1) is 19.2. The number of H-pyrrole nitrogens is 1. The molecule has 0 radical (unpaired) electrons. The molecule has 1 N–H and O–H groups in total. The summed E-state index contributed by atoms with van der Waals surface area (Å²) in [5.74, 6) is 1.59. The van der Waals surface area contributed by atoms with E-state index in [-0.39, 0.29) is 16.3 Å². The summed E-state index contributed by atoms with van der Waals surface area (Å²) in [6.45, 7) is 1.92. The van der Waals surface area contributed by atoms with Gasteiger partial charge in [-0.05, 0) is 55.0 Å². The number of hydrogen-bond acceptors (Lipinski definition) is 8. The van der Waals surface area contributed by atoms with Gasteiger partial charge in [-0.15, -0.1) is 0 Å². The van der Waals surface area contributed by atoms with Crippen molar-refractivity contribution < 1.29 is 17.7 Å². The molecule has 11 heteroatoms. The molecule has 4 heterocycles. The van der Waals surface area contributed by atoms with E-state index in [9.17, 15) is 13.2 Å². The molecule has 0 bridgehead atoms. The predicted octanol–water partition coefficient (Wildman–Crippen LogP) is 5.15. The van der Waals surface area contributed by atoms with Crippen molar-refractivity contribution in [3.05, 3.63) is 95.2 Å². The van der Waals surface area contributed by atoms with Crippen LogP contribution in [0.15, 0.2) is 93.5 Å². The fourth-order valence-corrected chi connectivity index (χ4v) is 5.08. The third kappa shape index (κ3) is 4.56. The van der Waals surface area contributed by atoms with Crippen molar-refractivity contribution in [2.75, 3.05) is 6.26 Å². The van der Waals surface area contributed by atoms with Crippen molar-refractivity contribution in [2.45, 2.75) is 11.8 Å². The summed E-state index contributed by atoms with van der Waals surface area (Å²) in [6.07, 6.45) is 6.07. The van der Waals surface area contributed by atoms with Crippen molar-refractivity contribution in [3.63, 3.8) is 0 Å². The number of hydrogen-bond donors (Lipinski definition) is 1. The maximum atomic E-state index is 13.2. The van der Waals surface area contributed by atoms with Crippen LogP contribution in [-0.4, -0.2) is 39.3 Å². The number of benzene rings is 2. The molecule has 0 atom stereocenters. The zero-order valence-corrected chi connectivity index (χ0v) is 22.6. The number of para-hydroxylation sites is 1. The second kappa shape index (κ2) is 9.62. The van der Waals surface area contributed by atoms with E-state index >= 15 is 0 Å². The summed E-state index contributed by atoms with van der Waals surface area (Å²) in [5, 5.41) is 4.59. The molecule has 0 aliphatic rings. The lowest BCUT2D eigenvalue weighted by molar-refractivity contribution is 0.431. The fraction of sp³-hybridized carbons (Fsp3) is 0.103. The van der Waals surface area contributed by atoms with Gasteiger partial charge in [0.15, 0.2) is 9.84 Å². The molecular formula is C29H23N5O5S. The average Bonchev–Trinajstić information content (AvgIpc) is 3.61. The van der Waals surface area contributed by atoms with Crippen LogP contribution >= 0.6 is 0 Å². The summed E-state index contributed by atoms with van der Waals surface area (Å²) >= 11 is 0. The lowest BCUT2D eigenvalue weighted by Gasteiger charge is -2.15. The van der Waals surface area contributed by atoms with Gasteiger partial charge < -0.3 is 18.8 Å². The Kier molecular flexibility index (Phi) is 6.07. The molecule has 200 valence electrons. The highest BCUT2D eigenvalue weighted by Crippen LogP contribution is 2.39. The highest BCUT2D eigenvalue weighted by atomic mass is 32.2. The minimum absolute atomic E-state index is 0.121. The lowest BCUT2D eigenvalue weighted by Crippen LogP contribution is -2.16. The van der Waals surface area contributed by atoms with Gasteiger partial charge in [-0.25, -0.2) is 8.42 Å². The molecule has 0 aliphatic carbocycles. The van der Waals surface area contributed by atoms with Crippen LogP contribution in [0, 0.1) is 6.92 Å². The number of fused-ring (bicyclic) bond motifs is 1. The molecular weight excluding hydrogens is 530 g/mol. The van der Waals surface area contributed by atoms with Crippen LogP contribution < -0.4 is 10.3 Å². The Hall–Kier alpha value is -5.03. The zero-order chi connectivity index (χ0) is 28.0. The van der Waals surface area contributed by atoms with Crippen molar-refractivity contribution in [1.82, 2.24) is 24.7 Å². The van der Waals surface area contributed by atoms with E-state index in [1.807, 2.05) is 37.3 Å². The second-order valence-electron chi connectivity index (χ2n) is 9.39. The topological polar surface area (TPSA) is 133 Å². The summed E-state index contributed by atoms with van der Waals surface area (Å²) in [4.78, 5) is 24.9. The molecule has 0 amide bonds. The SMILES string of the molecule is Cc1ccccc1Oc1ccc(S(C)(=O)=O)cc1-c1cn(C)c(=O)c2[nH]c(-c3nc(-c4cccnc4)no3)cc12. The van der Waals surface area contributed by atoms with Crippen molar-refractivity contribution in [2.24, 2.45) is 7.05 Å².